The van der Waals surface area contributed by atoms with Crippen LogP contribution >= 0.6 is 11.6 Å². The van der Waals surface area contributed by atoms with Gasteiger partial charge < -0.3 is 5.11 Å². The van der Waals surface area contributed by atoms with Crippen LogP contribution in [0, 0.1) is 11.2 Å². The number of hydrogen-bond donors (Lipinski definition) is 1. The molecule has 0 saturated heterocycles. The fourth-order valence-corrected chi connectivity index (χ4v) is 1.85. The lowest BCUT2D eigenvalue weighted by Gasteiger charge is -2.20. The SMILES string of the molecule is CCc1cc(Cl)c(F)c(CC(C)(C)C(=O)O)c1. The van der Waals surface area contributed by atoms with Crippen LogP contribution < -0.4 is 0 Å². The third-order valence-electron chi connectivity index (χ3n) is 2.78. The number of carbonyl (C=O) groups is 1. The summed E-state index contributed by atoms with van der Waals surface area (Å²) in [5.74, 6) is -1.46. The lowest BCUT2D eigenvalue weighted by Crippen LogP contribution is -2.26. The van der Waals surface area contributed by atoms with Crippen molar-refractivity contribution in [2.75, 3.05) is 0 Å². The largest absolute Gasteiger partial charge is 0.481 e. The van der Waals surface area contributed by atoms with E-state index < -0.39 is 17.2 Å². The predicted molar refractivity (Wildman–Crippen MR) is 65.9 cm³/mol. The lowest BCUT2D eigenvalue weighted by atomic mass is 9.85. The molecule has 1 aromatic rings. The van der Waals surface area contributed by atoms with E-state index in [1.165, 1.54) is 0 Å². The summed E-state index contributed by atoms with van der Waals surface area (Å²) < 4.78 is 13.8. The molecule has 4 heteroatoms. The summed E-state index contributed by atoms with van der Waals surface area (Å²) in [5.41, 5.74) is 0.269. The predicted octanol–water partition coefficient (Wildman–Crippen LogP) is 3.69. The number of aliphatic carboxylic acids is 1. The van der Waals surface area contributed by atoms with Crippen LogP contribution in [0.15, 0.2) is 12.1 Å². The van der Waals surface area contributed by atoms with Crippen LogP contribution in [0.2, 0.25) is 5.02 Å². The monoisotopic (exact) mass is 258 g/mol. The maximum atomic E-state index is 13.8. The second-order valence-corrected chi connectivity index (χ2v) is 5.18. The molecular weight excluding hydrogens is 243 g/mol. The molecule has 0 fully saturated rings. The normalized spacial score (nSPS) is 11.6. The molecular formula is C13H16ClFO2. The molecule has 0 heterocycles. The highest BCUT2D eigenvalue weighted by atomic mass is 35.5. The number of halogens is 2. The second-order valence-electron chi connectivity index (χ2n) is 4.77. The lowest BCUT2D eigenvalue weighted by molar-refractivity contribution is -0.146. The van der Waals surface area contributed by atoms with Crippen LogP contribution in [0.3, 0.4) is 0 Å². The van der Waals surface area contributed by atoms with Gasteiger partial charge in [-0.15, -0.1) is 0 Å². The summed E-state index contributed by atoms with van der Waals surface area (Å²) in [6.45, 7) is 5.08. The van der Waals surface area contributed by atoms with Crippen molar-refractivity contribution >= 4 is 17.6 Å². The van der Waals surface area contributed by atoms with Crippen molar-refractivity contribution in [3.63, 3.8) is 0 Å². The van der Waals surface area contributed by atoms with Gasteiger partial charge in [0, 0.05) is 0 Å². The Hall–Kier alpha value is -1.09. The van der Waals surface area contributed by atoms with E-state index in [4.69, 9.17) is 16.7 Å². The summed E-state index contributed by atoms with van der Waals surface area (Å²) in [7, 11) is 0. The molecule has 94 valence electrons. The van der Waals surface area contributed by atoms with Crippen molar-refractivity contribution < 1.29 is 14.3 Å². The molecule has 2 nitrogen and oxygen atoms in total. The Kier molecular flexibility index (Phi) is 4.15. The fourth-order valence-electron chi connectivity index (χ4n) is 1.59. The zero-order chi connectivity index (χ0) is 13.2. The molecule has 0 radical (unpaired) electrons. The minimum Gasteiger partial charge on any atom is -0.481 e. The molecule has 0 spiro atoms. The second kappa shape index (κ2) is 5.05. The topological polar surface area (TPSA) is 37.3 Å². The van der Waals surface area contributed by atoms with E-state index in [1.54, 1.807) is 26.0 Å². The van der Waals surface area contributed by atoms with E-state index in [2.05, 4.69) is 0 Å². The number of rotatable bonds is 4. The average Bonchev–Trinajstić information content (AvgIpc) is 2.23. The molecule has 1 N–H and O–H groups in total. The molecule has 17 heavy (non-hydrogen) atoms. The molecule has 0 aliphatic rings. The van der Waals surface area contributed by atoms with Gasteiger partial charge in [-0.25, -0.2) is 4.39 Å². The maximum Gasteiger partial charge on any atom is 0.309 e. The first-order valence-corrected chi connectivity index (χ1v) is 5.86. The number of carboxylic acid groups (broad SMARTS) is 1. The van der Waals surface area contributed by atoms with Gasteiger partial charge in [0.15, 0.2) is 0 Å². The number of hydrogen-bond acceptors (Lipinski definition) is 1. The average molecular weight is 259 g/mol. The summed E-state index contributed by atoms with van der Waals surface area (Å²) in [6, 6.07) is 3.26. The van der Waals surface area contributed by atoms with Gasteiger partial charge in [-0.3, -0.25) is 4.79 Å². The van der Waals surface area contributed by atoms with Crippen LogP contribution in [0.4, 0.5) is 4.39 Å². The first kappa shape index (κ1) is 14.0. The highest BCUT2D eigenvalue weighted by Crippen LogP contribution is 2.28. The smallest absolute Gasteiger partial charge is 0.309 e. The maximum absolute atomic E-state index is 13.8. The molecule has 0 aromatic heterocycles. The highest BCUT2D eigenvalue weighted by Gasteiger charge is 2.29. The number of aryl methyl sites for hydroxylation is 1. The van der Waals surface area contributed by atoms with Crippen molar-refractivity contribution in [2.45, 2.75) is 33.6 Å². The number of benzene rings is 1. The Morgan fingerprint density at radius 1 is 1.47 bits per heavy atom. The molecule has 0 saturated carbocycles. The molecule has 0 unspecified atom stereocenters. The Labute approximate surface area is 105 Å². The van der Waals surface area contributed by atoms with Gasteiger partial charge in [-0.1, -0.05) is 24.6 Å². The van der Waals surface area contributed by atoms with E-state index in [-0.39, 0.29) is 11.4 Å². The van der Waals surface area contributed by atoms with E-state index in [0.29, 0.717) is 5.56 Å². The first-order valence-electron chi connectivity index (χ1n) is 5.48. The van der Waals surface area contributed by atoms with Crippen molar-refractivity contribution in [2.24, 2.45) is 5.41 Å². The third-order valence-corrected chi connectivity index (χ3v) is 3.06. The molecule has 0 atom stereocenters. The number of carboxylic acids is 1. The van der Waals surface area contributed by atoms with Crippen LogP contribution in [0.1, 0.15) is 31.9 Å². The Morgan fingerprint density at radius 2 is 2.06 bits per heavy atom. The third kappa shape index (κ3) is 3.19. The fraction of sp³-hybridized carbons (Fsp3) is 0.462. The van der Waals surface area contributed by atoms with Crippen LogP contribution in [0.5, 0.6) is 0 Å². The van der Waals surface area contributed by atoms with E-state index in [1.807, 2.05) is 6.92 Å². The van der Waals surface area contributed by atoms with Crippen LogP contribution in [0.25, 0.3) is 0 Å². The van der Waals surface area contributed by atoms with E-state index >= 15 is 0 Å². The molecule has 0 bridgehead atoms. The summed E-state index contributed by atoms with van der Waals surface area (Å²) in [6.07, 6.45) is 0.863. The Bertz CT molecular complexity index is 441. The van der Waals surface area contributed by atoms with Gasteiger partial charge in [0.05, 0.1) is 10.4 Å². The summed E-state index contributed by atoms with van der Waals surface area (Å²) >= 11 is 5.78. The zero-order valence-electron chi connectivity index (χ0n) is 10.2. The molecule has 0 amide bonds. The van der Waals surface area contributed by atoms with Gasteiger partial charge in [0.1, 0.15) is 5.82 Å². The minimum atomic E-state index is -1.00. The van der Waals surface area contributed by atoms with Crippen LogP contribution in [-0.2, 0) is 17.6 Å². The van der Waals surface area contributed by atoms with E-state index in [9.17, 15) is 9.18 Å². The first-order chi connectivity index (χ1) is 7.77. The van der Waals surface area contributed by atoms with Gasteiger partial charge >= 0.3 is 5.97 Å². The zero-order valence-corrected chi connectivity index (χ0v) is 10.9. The van der Waals surface area contributed by atoms with Crippen molar-refractivity contribution in [1.82, 2.24) is 0 Å². The van der Waals surface area contributed by atoms with Crippen molar-refractivity contribution in [1.29, 1.82) is 0 Å². The van der Waals surface area contributed by atoms with Gasteiger partial charge in [-0.05, 0) is 43.9 Å². The van der Waals surface area contributed by atoms with Gasteiger partial charge in [0.25, 0.3) is 0 Å². The van der Waals surface area contributed by atoms with Crippen molar-refractivity contribution in [3.8, 4) is 0 Å². The molecule has 0 aliphatic carbocycles. The molecule has 0 aliphatic heterocycles. The Morgan fingerprint density at radius 3 is 2.53 bits per heavy atom. The van der Waals surface area contributed by atoms with E-state index in [0.717, 1.165) is 12.0 Å². The standard InChI is InChI=1S/C13H16ClFO2/c1-4-8-5-9(11(15)10(14)6-8)7-13(2,3)12(16)17/h5-6H,4,7H2,1-3H3,(H,16,17). The van der Waals surface area contributed by atoms with Gasteiger partial charge in [0.2, 0.25) is 0 Å². The van der Waals surface area contributed by atoms with Gasteiger partial charge in [-0.2, -0.15) is 0 Å². The Balaban J connectivity index is 3.14. The summed E-state index contributed by atoms with van der Waals surface area (Å²) in [5, 5.41) is 9.09. The molecule has 1 aromatic carbocycles. The minimum absolute atomic E-state index is 0.0561. The highest BCUT2D eigenvalue weighted by molar-refractivity contribution is 6.30. The van der Waals surface area contributed by atoms with Crippen molar-refractivity contribution in [3.05, 3.63) is 34.1 Å². The van der Waals surface area contributed by atoms with Crippen LogP contribution in [-0.4, -0.2) is 11.1 Å². The summed E-state index contributed by atoms with van der Waals surface area (Å²) in [4.78, 5) is 11.0. The molecule has 1 rings (SSSR count). The quantitative estimate of drug-likeness (QED) is 0.894.